The van der Waals surface area contributed by atoms with Crippen molar-refractivity contribution in [2.75, 3.05) is 16.8 Å². The molecule has 30 heavy (non-hydrogen) atoms. The highest BCUT2D eigenvalue weighted by Crippen LogP contribution is 2.33. The number of para-hydroxylation sites is 3. The molecule has 4 aromatic rings. The fraction of sp³-hybridized carbons (Fsp3) is 0.167. The van der Waals surface area contributed by atoms with Crippen LogP contribution in [-0.2, 0) is 9.59 Å². The molecule has 150 valence electrons. The molecule has 1 atom stereocenters. The Morgan fingerprint density at radius 3 is 2.73 bits per heavy atom. The Kier molecular flexibility index (Phi) is 4.39. The van der Waals surface area contributed by atoms with Crippen LogP contribution in [0.15, 0.2) is 71.1 Å². The molecule has 1 aliphatic rings. The van der Waals surface area contributed by atoms with E-state index in [0.717, 1.165) is 21.9 Å². The Labute approximate surface area is 173 Å². The van der Waals surface area contributed by atoms with E-state index in [1.54, 1.807) is 17.0 Å². The predicted octanol–water partition coefficient (Wildman–Crippen LogP) is 4.73. The highest BCUT2D eigenvalue weighted by Gasteiger charge is 2.29. The molecule has 2 amide bonds. The van der Waals surface area contributed by atoms with Crippen LogP contribution in [0.25, 0.3) is 21.9 Å². The van der Waals surface area contributed by atoms with Crippen molar-refractivity contribution in [3.05, 3.63) is 66.7 Å². The molecule has 5 rings (SSSR count). The lowest BCUT2D eigenvalue weighted by molar-refractivity contribution is -0.121. The van der Waals surface area contributed by atoms with Crippen LogP contribution >= 0.6 is 0 Å². The highest BCUT2D eigenvalue weighted by atomic mass is 16.5. The molecule has 1 aromatic heterocycles. The second-order valence-corrected chi connectivity index (χ2v) is 7.43. The third kappa shape index (κ3) is 3.16. The summed E-state index contributed by atoms with van der Waals surface area (Å²) in [6.45, 7) is 1.73. The van der Waals surface area contributed by atoms with E-state index in [9.17, 15) is 9.59 Å². The van der Waals surface area contributed by atoms with Crippen LogP contribution in [0.5, 0.6) is 5.75 Å². The Morgan fingerprint density at radius 1 is 1.07 bits per heavy atom. The summed E-state index contributed by atoms with van der Waals surface area (Å²) in [5.41, 5.74) is 2.90. The van der Waals surface area contributed by atoms with E-state index in [4.69, 9.17) is 9.15 Å². The van der Waals surface area contributed by atoms with Gasteiger partial charge in [0.15, 0.2) is 6.61 Å². The summed E-state index contributed by atoms with van der Waals surface area (Å²) in [7, 11) is 0. The first-order chi connectivity index (χ1) is 14.6. The largest absolute Gasteiger partial charge is 0.484 e. The fourth-order valence-electron chi connectivity index (χ4n) is 3.98. The van der Waals surface area contributed by atoms with E-state index in [1.807, 2.05) is 61.5 Å². The van der Waals surface area contributed by atoms with Gasteiger partial charge in [0.25, 0.3) is 5.91 Å². The van der Waals surface area contributed by atoms with Crippen LogP contribution in [0.1, 0.15) is 13.3 Å². The van der Waals surface area contributed by atoms with E-state index < -0.39 is 0 Å². The topological polar surface area (TPSA) is 71.8 Å². The zero-order valence-electron chi connectivity index (χ0n) is 16.4. The summed E-state index contributed by atoms with van der Waals surface area (Å²) in [6, 6.07) is 20.4. The molecule has 0 spiro atoms. The number of nitrogens with zero attached hydrogens (tertiary/aromatic N) is 1. The van der Waals surface area contributed by atoms with Crippen molar-refractivity contribution in [1.29, 1.82) is 0 Å². The summed E-state index contributed by atoms with van der Waals surface area (Å²) < 4.78 is 11.7. The van der Waals surface area contributed by atoms with E-state index >= 15 is 0 Å². The van der Waals surface area contributed by atoms with Crippen molar-refractivity contribution in [3.63, 3.8) is 0 Å². The first kappa shape index (κ1) is 18.2. The molecule has 1 aliphatic heterocycles. The average Bonchev–Trinajstić information content (AvgIpc) is 3.05. The van der Waals surface area contributed by atoms with Gasteiger partial charge in [-0.05, 0) is 43.3 Å². The highest BCUT2D eigenvalue weighted by molar-refractivity contribution is 6.06. The molecule has 3 aromatic carbocycles. The molecule has 1 N–H and O–H groups in total. The van der Waals surface area contributed by atoms with Gasteiger partial charge in [0, 0.05) is 23.2 Å². The number of nitrogens with one attached hydrogen (secondary N) is 1. The second-order valence-electron chi connectivity index (χ2n) is 7.43. The van der Waals surface area contributed by atoms with Crippen molar-refractivity contribution in [2.45, 2.75) is 19.4 Å². The number of carbonyl (C=O) groups excluding carboxylic acids is 2. The lowest BCUT2D eigenvalue weighted by Gasteiger charge is -2.27. The van der Waals surface area contributed by atoms with Crippen molar-refractivity contribution >= 4 is 45.1 Å². The van der Waals surface area contributed by atoms with Gasteiger partial charge in [-0.25, -0.2) is 0 Å². The summed E-state index contributed by atoms with van der Waals surface area (Å²) >= 11 is 0. The normalized spacial score (nSPS) is 16.2. The molecular weight excluding hydrogens is 380 g/mol. The number of hydrogen-bond donors (Lipinski definition) is 1. The van der Waals surface area contributed by atoms with E-state index in [-0.39, 0.29) is 30.9 Å². The Hall–Kier alpha value is -3.80. The van der Waals surface area contributed by atoms with Gasteiger partial charge < -0.3 is 19.4 Å². The molecule has 0 unspecified atom stereocenters. The molecule has 0 aliphatic carbocycles. The lowest BCUT2D eigenvalue weighted by atomic mass is 10.1. The van der Waals surface area contributed by atoms with Crippen molar-refractivity contribution in [2.24, 2.45) is 0 Å². The number of carbonyl (C=O) groups is 2. The minimum atomic E-state index is -0.273. The average molecular weight is 400 g/mol. The van der Waals surface area contributed by atoms with Crippen LogP contribution in [-0.4, -0.2) is 24.5 Å². The number of anilines is 2. The van der Waals surface area contributed by atoms with Gasteiger partial charge in [-0.2, -0.15) is 0 Å². The maximum Gasteiger partial charge on any atom is 0.265 e. The molecule has 0 bridgehead atoms. The van der Waals surface area contributed by atoms with E-state index in [0.29, 0.717) is 17.1 Å². The third-order valence-corrected chi connectivity index (χ3v) is 5.34. The van der Waals surface area contributed by atoms with Crippen LogP contribution < -0.4 is 15.0 Å². The summed E-state index contributed by atoms with van der Waals surface area (Å²) in [6.07, 6.45) is 0.230. The number of ether oxygens (including phenoxy) is 1. The predicted molar refractivity (Wildman–Crippen MR) is 116 cm³/mol. The Balaban J connectivity index is 1.40. The number of furan rings is 1. The van der Waals surface area contributed by atoms with Crippen LogP contribution in [0, 0.1) is 0 Å². The smallest absolute Gasteiger partial charge is 0.265 e. The van der Waals surface area contributed by atoms with Gasteiger partial charge in [-0.15, -0.1) is 0 Å². The summed E-state index contributed by atoms with van der Waals surface area (Å²) in [5.74, 6) is 0.277. The van der Waals surface area contributed by atoms with Gasteiger partial charge in [-0.1, -0.05) is 30.3 Å². The van der Waals surface area contributed by atoms with E-state index in [1.165, 1.54) is 0 Å². The Bertz CT molecular complexity index is 1280. The molecule has 0 radical (unpaired) electrons. The number of benzene rings is 3. The molecule has 6 nitrogen and oxygen atoms in total. The maximum absolute atomic E-state index is 13.1. The van der Waals surface area contributed by atoms with Crippen LogP contribution in [0.2, 0.25) is 0 Å². The standard InChI is InChI=1S/C24H20N2O4/c1-15-12-23(27)25-19-7-3-4-8-20(19)26(15)24(28)14-29-16-10-11-22-18(13-16)17-6-2-5-9-21(17)30-22/h2-11,13,15H,12,14H2,1H3,(H,25,27)/t15-/m1/s1. The summed E-state index contributed by atoms with van der Waals surface area (Å²) in [5, 5.41) is 4.81. The third-order valence-electron chi connectivity index (χ3n) is 5.34. The molecule has 2 heterocycles. The first-order valence-corrected chi connectivity index (χ1v) is 9.85. The van der Waals surface area contributed by atoms with Crippen molar-refractivity contribution in [3.8, 4) is 5.75 Å². The number of amides is 2. The van der Waals surface area contributed by atoms with Gasteiger partial charge >= 0.3 is 0 Å². The fourth-order valence-corrected chi connectivity index (χ4v) is 3.98. The van der Waals surface area contributed by atoms with Gasteiger partial charge in [0.1, 0.15) is 16.9 Å². The number of fused-ring (bicyclic) bond motifs is 4. The van der Waals surface area contributed by atoms with Crippen molar-refractivity contribution < 1.29 is 18.7 Å². The molecule has 0 fully saturated rings. The minimum Gasteiger partial charge on any atom is -0.484 e. The monoisotopic (exact) mass is 400 g/mol. The second kappa shape index (κ2) is 7.22. The number of rotatable bonds is 3. The quantitative estimate of drug-likeness (QED) is 0.540. The molecule has 0 saturated heterocycles. The maximum atomic E-state index is 13.1. The first-order valence-electron chi connectivity index (χ1n) is 9.85. The van der Waals surface area contributed by atoms with E-state index in [2.05, 4.69) is 5.32 Å². The Morgan fingerprint density at radius 2 is 1.83 bits per heavy atom. The van der Waals surface area contributed by atoms with Crippen LogP contribution in [0.4, 0.5) is 11.4 Å². The number of hydrogen-bond acceptors (Lipinski definition) is 4. The lowest BCUT2D eigenvalue weighted by Crippen LogP contribution is -2.41. The molecular formula is C24H20N2O4. The van der Waals surface area contributed by atoms with Crippen LogP contribution in [0.3, 0.4) is 0 Å². The molecule has 0 saturated carbocycles. The zero-order chi connectivity index (χ0) is 20.7. The minimum absolute atomic E-state index is 0.108. The van der Waals surface area contributed by atoms with Crippen molar-refractivity contribution in [1.82, 2.24) is 0 Å². The van der Waals surface area contributed by atoms with Gasteiger partial charge in [0.2, 0.25) is 5.91 Å². The van der Waals surface area contributed by atoms with Gasteiger partial charge in [-0.3, -0.25) is 9.59 Å². The summed E-state index contributed by atoms with van der Waals surface area (Å²) in [4.78, 5) is 26.8. The van der Waals surface area contributed by atoms with Gasteiger partial charge in [0.05, 0.1) is 11.4 Å². The SMILES string of the molecule is C[C@@H]1CC(=O)Nc2ccccc2N1C(=O)COc1ccc2oc3ccccc3c2c1. The molecule has 6 heteroatoms. The zero-order valence-corrected chi connectivity index (χ0v) is 16.4.